The van der Waals surface area contributed by atoms with Gasteiger partial charge in [-0.15, -0.1) is 0 Å². The molecule has 0 aliphatic carbocycles. The third-order valence-electron chi connectivity index (χ3n) is 9.51. The van der Waals surface area contributed by atoms with Gasteiger partial charge in [0.2, 0.25) is 11.8 Å². The molecule has 0 bridgehead atoms. The van der Waals surface area contributed by atoms with Gasteiger partial charge in [0.1, 0.15) is 6.04 Å². The Morgan fingerprint density at radius 2 is 1.76 bits per heavy atom. The van der Waals surface area contributed by atoms with Gasteiger partial charge in [-0.3, -0.25) is 29.5 Å². The molecule has 2 saturated heterocycles. The van der Waals surface area contributed by atoms with E-state index >= 15 is 8.78 Å². The van der Waals surface area contributed by atoms with Crippen LogP contribution in [0.3, 0.4) is 0 Å². The van der Waals surface area contributed by atoms with Crippen LogP contribution in [0.5, 0.6) is 0 Å². The lowest BCUT2D eigenvalue weighted by molar-refractivity contribution is -0.141. The van der Waals surface area contributed by atoms with Crippen LogP contribution in [0, 0.1) is 5.41 Å². The van der Waals surface area contributed by atoms with Crippen molar-refractivity contribution in [3.8, 4) is 0 Å². The molecule has 4 aromatic rings. The Morgan fingerprint density at radius 1 is 0.980 bits per heavy atom. The van der Waals surface area contributed by atoms with Crippen molar-refractivity contribution in [1.82, 2.24) is 25.5 Å². The number of hydrogen-bond donors (Lipinski definition) is 4. The molecule has 2 fully saturated rings. The fourth-order valence-electron chi connectivity index (χ4n) is 6.69. The molecular formula is C37H34F2N8O4. The Hall–Kier alpha value is -6.05. The molecule has 0 spiro atoms. The second kappa shape index (κ2) is 13.7. The molecule has 3 aliphatic rings. The predicted octanol–water partition coefficient (Wildman–Crippen LogP) is 4.37. The summed E-state index contributed by atoms with van der Waals surface area (Å²) >= 11 is 0. The predicted molar refractivity (Wildman–Crippen MR) is 186 cm³/mol. The SMILES string of the molecule is N=C/C(=C\NC1CCN(c2cccc(C(F)(F)C(=O)Nc3ccc4c(c3)CN(C3CCC(=O)NC3=O)C4=O)c2)CC1)c1cnc2ccccc2n1. The van der Waals surface area contributed by atoms with Crippen LogP contribution in [0.2, 0.25) is 0 Å². The number of para-hydroxylation sites is 2. The third kappa shape index (κ3) is 6.76. The summed E-state index contributed by atoms with van der Waals surface area (Å²) in [4.78, 5) is 62.2. The van der Waals surface area contributed by atoms with Crippen LogP contribution in [-0.4, -0.2) is 69.9 Å². The minimum atomic E-state index is -3.86. The van der Waals surface area contributed by atoms with Crippen molar-refractivity contribution >= 4 is 57.8 Å². The van der Waals surface area contributed by atoms with Gasteiger partial charge in [-0.05, 0) is 67.3 Å². The van der Waals surface area contributed by atoms with Crippen molar-refractivity contribution in [3.05, 3.63) is 102 Å². The molecule has 3 aliphatic heterocycles. The number of allylic oxidation sites excluding steroid dienone is 1. The van der Waals surface area contributed by atoms with Crippen LogP contribution in [0.1, 0.15) is 52.9 Å². The molecule has 1 unspecified atom stereocenters. The number of imide groups is 1. The largest absolute Gasteiger partial charge is 0.387 e. The Morgan fingerprint density at radius 3 is 2.53 bits per heavy atom. The maximum absolute atomic E-state index is 15.6. The smallest absolute Gasteiger partial charge is 0.350 e. The topological polar surface area (TPSA) is 160 Å². The van der Waals surface area contributed by atoms with E-state index in [1.165, 1.54) is 47.5 Å². The number of carbonyl (C=O) groups is 4. The summed E-state index contributed by atoms with van der Waals surface area (Å²) in [6.45, 7) is 1.23. The van der Waals surface area contributed by atoms with E-state index in [4.69, 9.17) is 5.41 Å². The number of rotatable bonds is 9. The Labute approximate surface area is 291 Å². The molecule has 260 valence electrons. The monoisotopic (exact) mass is 692 g/mol. The minimum absolute atomic E-state index is 0.0497. The summed E-state index contributed by atoms with van der Waals surface area (Å²) in [5.74, 6) is -6.72. The van der Waals surface area contributed by atoms with Gasteiger partial charge in [0.25, 0.3) is 11.8 Å². The van der Waals surface area contributed by atoms with Crippen molar-refractivity contribution in [3.63, 3.8) is 0 Å². The van der Waals surface area contributed by atoms with Crippen LogP contribution < -0.4 is 20.9 Å². The van der Waals surface area contributed by atoms with Gasteiger partial charge in [-0.2, -0.15) is 8.78 Å². The van der Waals surface area contributed by atoms with Gasteiger partial charge in [-0.25, -0.2) is 4.98 Å². The van der Waals surface area contributed by atoms with Gasteiger partial charge < -0.3 is 25.8 Å². The van der Waals surface area contributed by atoms with Crippen LogP contribution >= 0.6 is 0 Å². The highest BCUT2D eigenvalue weighted by atomic mass is 19.3. The number of amides is 4. The van der Waals surface area contributed by atoms with E-state index in [2.05, 4.69) is 25.9 Å². The van der Waals surface area contributed by atoms with E-state index in [1.807, 2.05) is 29.2 Å². The molecular weight excluding hydrogens is 658 g/mol. The number of carbonyl (C=O) groups excluding carboxylic acids is 4. The molecule has 1 atom stereocenters. The molecule has 0 radical (unpaired) electrons. The maximum Gasteiger partial charge on any atom is 0.350 e. The summed E-state index contributed by atoms with van der Waals surface area (Å²) in [6.07, 6.45) is 6.37. The van der Waals surface area contributed by atoms with Gasteiger partial charge >= 0.3 is 5.92 Å². The fraction of sp³-hybridized carbons (Fsp3) is 0.270. The average molecular weight is 693 g/mol. The number of benzene rings is 3. The van der Waals surface area contributed by atoms with Crippen molar-refractivity contribution in [2.45, 2.75) is 50.2 Å². The van der Waals surface area contributed by atoms with Crippen LogP contribution in [0.25, 0.3) is 16.6 Å². The van der Waals surface area contributed by atoms with E-state index in [1.54, 1.807) is 18.5 Å². The lowest BCUT2D eigenvalue weighted by Gasteiger charge is -2.34. The summed E-state index contributed by atoms with van der Waals surface area (Å²) in [6, 6.07) is 16.9. The number of piperidine rings is 2. The van der Waals surface area contributed by atoms with Gasteiger partial charge in [0.05, 0.1) is 22.9 Å². The quantitative estimate of drug-likeness (QED) is 0.149. The second-order valence-corrected chi connectivity index (χ2v) is 12.8. The number of aromatic nitrogens is 2. The van der Waals surface area contributed by atoms with Crippen molar-refractivity contribution in [2.24, 2.45) is 0 Å². The highest BCUT2D eigenvalue weighted by Crippen LogP contribution is 2.34. The number of nitrogens with one attached hydrogen (secondary N) is 4. The standard InChI is InChI=1S/C37H34F2N8O4/c38-37(39,36(51)43-26-8-9-28-22(16-26)21-47(35(28)50)32-10-11-33(48)45-34(32)49)24-4-3-5-27(17-24)46-14-12-25(13-15-46)41-19-23(18-40)31-20-42-29-6-1-2-7-30(29)44-31/h1-9,16-20,25,32,40-41H,10-15,21H2,(H,43,51)(H,45,48,49)/b23-19+,40-18?. The highest BCUT2D eigenvalue weighted by Gasteiger charge is 2.42. The number of halogens is 2. The molecule has 51 heavy (non-hydrogen) atoms. The van der Waals surface area contributed by atoms with Crippen LogP contribution in [0.15, 0.2) is 79.1 Å². The number of nitrogens with zero attached hydrogens (tertiary/aromatic N) is 4. The minimum Gasteiger partial charge on any atom is -0.387 e. The fourth-order valence-corrected chi connectivity index (χ4v) is 6.69. The summed E-state index contributed by atoms with van der Waals surface area (Å²) in [5, 5.41) is 15.8. The average Bonchev–Trinajstić information content (AvgIpc) is 3.46. The van der Waals surface area contributed by atoms with E-state index in [-0.39, 0.29) is 31.1 Å². The molecule has 0 saturated carbocycles. The van der Waals surface area contributed by atoms with E-state index in [0.29, 0.717) is 54.0 Å². The third-order valence-corrected chi connectivity index (χ3v) is 9.51. The molecule has 12 nitrogen and oxygen atoms in total. The van der Waals surface area contributed by atoms with Gasteiger partial charge in [0.15, 0.2) is 0 Å². The van der Waals surface area contributed by atoms with Crippen molar-refractivity contribution < 1.29 is 28.0 Å². The summed E-state index contributed by atoms with van der Waals surface area (Å²) in [7, 11) is 0. The number of anilines is 2. The van der Waals surface area contributed by atoms with Crippen LogP contribution in [0.4, 0.5) is 20.2 Å². The zero-order chi connectivity index (χ0) is 35.7. The summed E-state index contributed by atoms with van der Waals surface area (Å²) < 4.78 is 31.2. The molecule has 4 heterocycles. The maximum atomic E-state index is 15.6. The summed E-state index contributed by atoms with van der Waals surface area (Å²) in [5.41, 5.74) is 3.69. The zero-order valence-corrected chi connectivity index (χ0v) is 27.4. The molecule has 3 aromatic carbocycles. The van der Waals surface area contributed by atoms with Crippen molar-refractivity contribution in [1.29, 1.82) is 5.41 Å². The first-order valence-corrected chi connectivity index (χ1v) is 16.6. The lowest BCUT2D eigenvalue weighted by atomic mass is 10.0. The lowest BCUT2D eigenvalue weighted by Crippen LogP contribution is -2.52. The van der Waals surface area contributed by atoms with E-state index in [9.17, 15) is 19.2 Å². The molecule has 7 rings (SSSR count). The molecule has 4 amide bonds. The second-order valence-electron chi connectivity index (χ2n) is 12.8. The number of hydrogen-bond acceptors (Lipinski definition) is 9. The first-order chi connectivity index (χ1) is 24.6. The number of alkyl halides is 2. The first-order valence-electron chi connectivity index (χ1n) is 16.6. The Balaban J connectivity index is 0.964. The normalized spacial score (nSPS) is 18.4. The van der Waals surface area contributed by atoms with E-state index < -0.39 is 41.2 Å². The zero-order valence-electron chi connectivity index (χ0n) is 27.4. The molecule has 4 N–H and O–H groups in total. The van der Waals surface area contributed by atoms with Gasteiger partial charge in [0, 0.05) is 72.6 Å². The van der Waals surface area contributed by atoms with E-state index in [0.717, 1.165) is 11.0 Å². The Bertz CT molecular complexity index is 2100. The number of fused-ring (bicyclic) bond motifs is 2. The molecule has 1 aromatic heterocycles. The van der Waals surface area contributed by atoms with Crippen molar-refractivity contribution in [2.75, 3.05) is 23.3 Å². The highest BCUT2D eigenvalue weighted by molar-refractivity contribution is 6.08. The van der Waals surface area contributed by atoms with Crippen LogP contribution in [-0.2, 0) is 26.9 Å². The Kier molecular flexibility index (Phi) is 8.98. The molecule has 14 heteroatoms. The van der Waals surface area contributed by atoms with Gasteiger partial charge in [-0.1, -0.05) is 24.3 Å². The first kappa shape index (κ1) is 33.4.